The second kappa shape index (κ2) is 16.9. The Hall–Kier alpha value is 2.85. The molecular weight excluding hydrogens is 376 g/mol. The molecule has 0 aromatic rings. The third-order valence-corrected chi connectivity index (χ3v) is 0. The first-order valence-corrected chi connectivity index (χ1v) is 0. The normalized spacial score (nSPS) is 0. The Morgan fingerprint density at radius 1 is 1.00 bits per heavy atom. The topological polar surface area (TPSA) is 0 Å². The average Bonchev–Trinajstić information content (AvgIpc) is 0. The minimum Gasteiger partial charge on any atom is 0 e. The molecule has 0 unspecified atom stereocenters. The number of rotatable bonds is 0. The van der Waals surface area contributed by atoms with Gasteiger partial charge in [0.1, 0.15) is 0 Å². The third-order valence-electron chi connectivity index (χ3n) is 0. The van der Waals surface area contributed by atoms with Crippen LogP contribution in [0.5, 0.6) is 0 Å². The van der Waals surface area contributed by atoms with Crippen molar-refractivity contribution < 1.29 is 0 Å². The van der Waals surface area contributed by atoms with Crippen LogP contribution in [0.25, 0.3) is 0 Å². The minimum absolute atomic E-state index is 0. The first kappa shape index (κ1) is 28.9. The standard InChI is InChI=1S/Ga.Ge.In.Sn. The van der Waals surface area contributed by atoms with Crippen molar-refractivity contribution in [3.8, 4) is 0 Å². The molecule has 0 atom stereocenters. The van der Waals surface area contributed by atoms with Crippen LogP contribution in [0.3, 0.4) is 0 Å². The molecule has 0 saturated heterocycles. The van der Waals surface area contributed by atoms with Crippen molar-refractivity contribution in [1.82, 2.24) is 0 Å². The maximum Gasteiger partial charge on any atom is 0 e. The molecule has 14 valence electrons. The molecule has 14 radical (unpaired) electrons. The molecule has 0 bridgehead atoms. The van der Waals surface area contributed by atoms with Crippen molar-refractivity contribution in [2.24, 2.45) is 0 Å². The fraction of sp³-hybridized carbons (Fsp3) is 0. The maximum absolute atomic E-state index is 0. The molecule has 0 heterocycles. The zero-order valence-electron chi connectivity index (χ0n) is 2.15. The van der Waals surface area contributed by atoms with Crippen molar-refractivity contribution in [2.75, 3.05) is 0 Å². The molecule has 0 saturated carbocycles. The number of hydrogen-bond acceptors (Lipinski definition) is 0. The van der Waals surface area contributed by atoms with Gasteiger partial charge >= 0.3 is 0 Å². The van der Waals surface area contributed by atoms with Gasteiger partial charge in [-0.2, -0.15) is 0 Å². The molecule has 0 nitrogen and oxygen atoms in total. The van der Waals surface area contributed by atoms with Crippen molar-refractivity contribution in [3.05, 3.63) is 0 Å². The van der Waals surface area contributed by atoms with Gasteiger partial charge in [0.05, 0.1) is 0 Å². The van der Waals surface area contributed by atoms with E-state index in [9.17, 15) is 0 Å². The molecule has 0 rings (SSSR count). The summed E-state index contributed by atoms with van der Waals surface area (Å²) in [4.78, 5) is 0. The van der Waals surface area contributed by atoms with Gasteiger partial charge in [0.15, 0.2) is 0 Å². The molecule has 0 aliphatic rings. The van der Waals surface area contributed by atoms with Crippen LogP contribution in [0, 0.1) is 0 Å². The van der Waals surface area contributed by atoms with Crippen LogP contribution >= 0.6 is 0 Å². The summed E-state index contributed by atoms with van der Waals surface area (Å²) in [6.45, 7) is 0. The molecule has 0 fully saturated rings. The SMILES string of the molecule is [Ga].[Ge].[In].[Sn]. The number of hydrogen-bond donors (Lipinski definition) is 0. The molecule has 4 heavy (non-hydrogen) atoms. The Balaban J connectivity index is 0. The zero-order valence-corrected chi connectivity index (χ0v) is 12.8. The summed E-state index contributed by atoms with van der Waals surface area (Å²) in [6.07, 6.45) is 0. The van der Waals surface area contributed by atoms with Crippen molar-refractivity contribution in [1.29, 1.82) is 0 Å². The van der Waals surface area contributed by atoms with E-state index in [2.05, 4.69) is 0 Å². The van der Waals surface area contributed by atoms with E-state index in [-0.39, 0.29) is 87.1 Å². The van der Waals surface area contributed by atoms with Gasteiger partial charge in [-0.15, -0.1) is 0 Å². The van der Waals surface area contributed by atoms with Gasteiger partial charge in [0, 0.05) is 87.1 Å². The van der Waals surface area contributed by atoms with Crippen LogP contribution in [0.4, 0.5) is 0 Å². The van der Waals surface area contributed by atoms with Gasteiger partial charge in [-0.1, -0.05) is 0 Å². The molecule has 0 aromatic heterocycles. The van der Waals surface area contributed by atoms with E-state index in [0.29, 0.717) is 0 Å². The molecule has 4 heteroatoms. The first-order valence-electron chi connectivity index (χ1n) is 0. The predicted octanol–water partition coefficient (Wildman–Crippen LogP) is -1.52. The molecular formula is GaGeInSn. The van der Waals surface area contributed by atoms with E-state index in [1.165, 1.54) is 0 Å². The fourth-order valence-electron chi connectivity index (χ4n) is 0. The second-order valence-corrected chi connectivity index (χ2v) is 0. The van der Waals surface area contributed by atoms with E-state index in [1.54, 1.807) is 0 Å². The van der Waals surface area contributed by atoms with Crippen LogP contribution < -0.4 is 0 Å². The predicted molar refractivity (Wildman–Crippen MR) is 23.0 cm³/mol. The Bertz CT molecular complexity index is 8.00. The van der Waals surface area contributed by atoms with Crippen LogP contribution in [-0.4, -0.2) is 87.1 Å². The van der Waals surface area contributed by atoms with Crippen LogP contribution in [-0.2, 0) is 0 Å². The van der Waals surface area contributed by atoms with Gasteiger partial charge < -0.3 is 0 Å². The van der Waals surface area contributed by atoms with Crippen LogP contribution in [0.2, 0.25) is 0 Å². The summed E-state index contributed by atoms with van der Waals surface area (Å²) < 4.78 is 0. The van der Waals surface area contributed by atoms with E-state index in [4.69, 9.17) is 0 Å². The van der Waals surface area contributed by atoms with E-state index < -0.39 is 0 Å². The van der Waals surface area contributed by atoms with Crippen molar-refractivity contribution >= 4 is 87.1 Å². The van der Waals surface area contributed by atoms with Gasteiger partial charge in [0.25, 0.3) is 0 Å². The summed E-state index contributed by atoms with van der Waals surface area (Å²) in [5, 5.41) is 0. The molecule has 0 aromatic carbocycles. The Kier molecular flexibility index (Phi) is 122. The van der Waals surface area contributed by atoms with Gasteiger partial charge in [0.2, 0.25) is 0 Å². The summed E-state index contributed by atoms with van der Waals surface area (Å²) in [7, 11) is 0. The largest absolute Gasteiger partial charge is 0 e. The summed E-state index contributed by atoms with van der Waals surface area (Å²) in [5.74, 6) is 0. The Morgan fingerprint density at radius 2 is 1.00 bits per heavy atom. The smallest absolute Gasteiger partial charge is 0 e. The van der Waals surface area contributed by atoms with E-state index >= 15 is 0 Å². The molecule has 0 N–H and O–H groups in total. The Morgan fingerprint density at radius 3 is 1.00 bits per heavy atom. The molecule has 0 aliphatic carbocycles. The average molecular weight is 376 g/mol. The van der Waals surface area contributed by atoms with Gasteiger partial charge in [-0.25, -0.2) is 0 Å². The van der Waals surface area contributed by atoms with E-state index in [0.717, 1.165) is 0 Å². The quantitative estimate of drug-likeness (QED) is 0.451. The first-order chi connectivity index (χ1) is 0. The molecule has 0 spiro atoms. The minimum atomic E-state index is 0. The zero-order chi connectivity index (χ0) is 0. The molecule has 0 aliphatic heterocycles. The van der Waals surface area contributed by atoms with Gasteiger partial charge in [-0.3, -0.25) is 0 Å². The maximum atomic E-state index is 0. The summed E-state index contributed by atoms with van der Waals surface area (Å²) in [5.41, 5.74) is 0. The van der Waals surface area contributed by atoms with Crippen LogP contribution in [0.15, 0.2) is 0 Å². The van der Waals surface area contributed by atoms with Crippen molar-refractivity contribution in [3.63, 3.8) is 0 Å². The fourth-order valence-corrected chi connectivity index (χ4v) is 0. The monoisotopic (exact) mass is 378 g/mol. The second-order valence-electron chi connectivity index (χ2n) is 0. The summed E-state index contributed by atoms with van der Waals surface area (Å²) >= 11 is 0. The van der Waals surface area contributed by atoms with Gasteiger partial charge in [-0.05, 0) is 0 Å². The van der Waals surface area contributed by atoms with E-state index in [1.807, 2.05) is 0 Å². The van der Waals surface area contributed by atoms with Crippen molar-refractivity contribution in [2.45, 2.75) is 0 Å². The Labute approximate surface area is 85.6 Å². The van der Waals surface area contributed by atoms with Crippen LogP contribution in [0.1, 0.15) is 0 Å². The summed E-state index contributed by atoms with van der Waals surface area (Å²) in [6, 6.07) is 0. The molecule has 0 amide bonds. The third kappa shape index (κ3) is 8.85.